The molecule has 1 heterocycles. The van der Waals surface area contributed by atoms with Crippen LogP contribution < -0.4 is 5.73 Å². The van der Waals surface area contributed by atoms with E-state index >= 15 is 0 Å². The molecular weight excluding hydrogens is 289 g/mol. The standard InChI is InChI=1S/C15H18FN3OS/c16-11-4-2-5-12(7-11)21-9-14-18-15(20-19-14)13-6-1-3-10(13)8-17/h2,4-5,7,10,13H,1,3,6,8-9,17H2. The lowest BCUT2D eigenvalue weighted by atomic mass is 9.96. The predicted octanol–water partition coefficient (Wildman–Crippen LogP) is 3.34. The molecule has 1 aromatic heterocycles. The Bertz CT molecular complexity index is 604. The van der Waals surface area contributed by atoms with Gasteiger partial charge in [-0.25, -0.2) is 4.39 Å². The van der Waals surface area contributed by atoms with Gasteiger partial charge >= 0.3 is 0 Å². The van der Waals surface area contributed by atoms with Crippen LogP contribution in [0.3, 0.4) is 0 Å². The van der Waals surface area contributed by atoms with Gasteiger partial charge in [0.15, 0.2) is 5.82 Å². The van der Waals surface area contributed by atoms with Gasteiger partial charge in [0, 0.05) is 10.8 Å². The molecule has 0 radical (unpaired) electrons. The van der Waals surface area contributed by atoms with Crippen LogP contribution in [0.25, 0.3) is 0 Å². The zero-order valence-electron chi connectivity index (χ0n) is 11.7. The first-order valence-corrected chi connectivity index (χ1v) is 8.15. The molecule has 1 aromatic carbocycles. The van der Waals surface area contributed by atoms with Crippen molar-refractivity contribution >= 4 is 11.8 Å². The third kappa shape index (κ3) is 3.44. The van der Waals surface area contributed by atoms with Gasteiger partial charge in [-0.2, -0.15) is 4.98 Å². The maximum atomic E-state index is 13.1. The molecule has 21 heavy (non-hydrogen) atoms. The van der Waals surface area contributed by atoms with E-state index in [1.165, 1.54) is 30.3 Å². The van der Waals surface area contributed by atoms with Crippen molar-refractivity contribution in [2.75, 3.05) is 6.54 Å². The van der Waals surface area contributed by atoms with Crippen LogP contribution in [0.5, 0.6) is 0 Å². The van der Waals surface area contributed by atoms with Crippen LogP contribution in [-0.4, -0.2) is 16.7 Å². The van der Waals surface area contributed by atoms with Gasteiger partial charge in [-0.05, 0) is 43.5 Å². The molecule has 2 atom stereocenters. The number of thioether (sulfide) groups is 1. The molecule has 3 rings (SSSR count). The minimum atomic E-state index is -0.231. The van der Waals surface area contributed by atoms with Gasteiger partial charge in [-0.1, -0.05) is 17.6 Å². The monoisotopic (exact) mass is 307 g/mol. The Labute approximate surface area is 127 Å². The fourth-order valence-electron chi connectivity index (χ4n) is 2.83. The van der Waals surface area contributed by atoms with Crippen molar-refractivity contribution < 1.29 is 8.91 Å². The molecule has 1 fully saturated rings. The predicted molar refractivity (Wildman–Crippen MR) is 79.4 cm³/mol. The van der Waals surface area contributed by atoms with E-state index in [9.17, 15) is 4.39 Å². The maximum Gasteiger partial charge on any atom is 0.230 e. The molecule has 1 saturated carbocycles. The van der Waals surface area contributed by atoms with Gasteiger partial charge in [0.1, 0.15) is 5.82 Å². The lowest BCUT2D eigenvalue weighted by molar-refractivity contribution is 0.324. The second-order valence-electron chi connectivity index (χ2n) is 5.33. The lowest BCUT2D eigenvalue weighted by Gasteiger charge is -2.12. The summed E-state index contributed by atoms with van der Waals surface area (Å²) in [5, 5.41) is 4.03. The Balaban J connectivity index is 1.63. The van der Waals surface area contributed by atoms with Crippen molar-refractivity contribution in [2.45, 2.75) is 35.8 Å². The van der Waals surface area contributed by atoms with Gasteiger partial charge in [-0.3, -0.25) is 0 Å². The van der Waals surface area contributed by atoms with Crippen molar-refractivity contribution in [3.05, 3.63) is 41.8 Å². The SMILES string of the molecule is NCC1CCCC1c1nc(CSc2cccc(F)c2)no1. The van der Waals surface area contributed by atoms with Gasteiger partial charge in [0.2, 0.25) is 5.89 Å². The topological polar surface area (TPSA) is 64.9 Å². The van der Waals surface area contributed by atoms with Crippen LogP contribution in [0.4, 0.5) is 4.39 Å². The van der Waals surface area contributed by atoms with Gasteiger partial charge in [0.25, 0.3) is 0 Å². The Morgan fingerprint density at radius 2 is 2.29 bits per heavy atom. The average molecular weight is 307 g/mol. The minimum Gasteiger partial charge on any atom is -0.339 e. The van der Waals surface area contributed by atoms with E-state index in [4.69, 9.17) is 10.3 Å². The number of nitrogens with zero attached hydrogens (tertiary/aromatic N) is 2. The second kappa shape index (κ2) is 6.58. The molecule has 112 valence electrons. The molecule has 2 unspecified atom stereocenters. The van der Waals surface area contributed by atoms with E-state index in [2.05, 4.69) is 10.1 Å². The molecule has 0 amide bonds. The van der Waals surface area contributed by atoms with Gasteiger partial charge in [0.05, 0.1) is 5.75 Å². The number of rotatable bonds is 5. The van der Waals surface area contributed by atoms with Crippen molar-refractivity contribution in [1.82, 2.24) is 10.1 Å². The summed E-state index contributed by atoms with van der Waals surface area (Å²) in [7, 11) is 0. The van der Waals surface area contributed by atoms with Crippen LogP contribution in [0.2, 0.25) is 0 Å². The van der Waals surface area contributed by atoms with Crippen molar-refractivity contribution in [3.63, 3.8) is 0 Å². The molecule has 0 saturated heterocycles. The van der Waals surface area contributed by atoms with E-state index in [0.29, 0.717) is 35.8 Å². The number of aromatic nitrogens is 2. The second-order valence-corrected chi connectivity index (χ2v) is 6.38. The van der Waals surface area contributed by atoms with Crippen LogP contribution in [0, 0.1) is 11.7 Å². The Morgan fingerprint density at radius 3 is 3.10 bits per heavy atom. The molecule has 4 nitrogen and oxygen atoms in total. The highest BCUT2D eigenvalue weighted by Gasteiger charge is 2.31. The zero-order valence-corrected chi connectivity index (χ0v) is 12.5. The molecular formula is C15H18FN3OS. The van der Waals surface area contributed by atoms with Crippen molar-refractivity contribution in [2.24, 2.45) is 11.7 Å². The van der Waals surface area contributed by atoms with Gasteiger partial charge in [-0.15, -0.1) is 11.8 Å². The highest BCUT2D eigenvalue weighted by atomic mass is 32.2. The van der Waals surface area contributed by atoms with Gasteiger partial charge < -0.3 is 10.3 Å². The third-order valence-electron chi connectivity index (χ3n) is 3.93. The smallest absolute Gasteiger partial charge is 0.230 e. The van der Waals surface area contributed by atoms with E-state index < -0.39 is 0 Å². The van der Waals surface area contributed by atoms with Crippen molar-refractivity contribution in [3.8, 4) is 0 Å². The molecule has 1 aliphatic carbocycles. The first-order valence-electron chi connectivity index (χ1n) is 7.17. The number of benzene rings is 1. The van der Waals surface area contributed by atoms with E-state index in [0.717, 1.165) is 17.7 Å². The van der Waals surface area contributed by atoms with Crippen LogP contribution in [0.1, 0.15) is 36.9 Å². The maximum absolute atomic E-state index is 13.1. The van der Waals surface area contributed by atoms with Crippen molar-refractivity contribution in [1.29, 1.82) is 0 Å². The number of halogens is 1. The van der Waals surface area contributed by atoms with Crippen LogP contribution >= 0.6 is 11.8 Å². The van der Waals surface area contributed by atoms with E-state index in [1.807, 2.05) is 6.07 Å². The summed E-state index contributed by atoms with van der Waals surface area (Å²) < 4.78 is 18.5. The summed E-state index contributed by atoms with van der Waals surface area (Å²) in [4.78, 5) is 5.34. The lowest BCUT2D eigenvalue weighted by Crippen LogP contribution is -2.17. The largest absolute Gasteiger partial charge is 0.339 e. The van der Waals surface area contributed by atoms with E-state index in [1.54, 1.807) is 6.07 Å². The van der Waals surface area contributed by atoms with Crippen LogP contribution in [-0.2, 0) is 5.75 Å². The molecule has 6 heteroatoms. The Hall–Kier alpha value is -1.40. The summed E-state index contributed by atoms with van der Waals surface area (Å²) >= 11 is 1.50. The molecule has 2 N–H and O–H groups in total. The van der Waals surface area contributed by atoms with E-state index in [-0.39, 0.29) is 5.82 Å². The van der Waals surface area contributed by atoms with Crippen LogP contribution in [0.15, 0.2) is 33.7 Å². The first kappa shape index (κ1) is 14.5. The summed E-state index contributed by atoms with van der Waals surface area (Å²) in [6.45, 7) is 0.667. The summed E-state index contributed by atoms with van der Waals surface area (Å²) in [6.07, 6.45) is 3.37. The number of hydrogen-bond donors (Lipinski definition) is 1. The fourth-order valence-corrected chi connectivity index (χ4v) is 3.61. The third-order valence-corrected chi connectivity index (χ3v) is 4.92. The summed E-state index contributed by atoms with van der Waals surface area (Å²) in [6, 6.07) is 6.51. The zero-order chi connectivity index (χ0) is 14.7. The highest BCUT2D eigenvalue weighted by molar-refractivity contribution is 7.98. The molecule has 2 aromatic rings. The molecule has 0 spiro atoms. The number of nitrogens with two attached hydrogens (primary N) is 1. The quantitative estimate of drug-likeness (QED) is 0.858. The molecule has 0 aliphatic heterocycles. The molecule has 0 bridgehead atoms. The normalized spacial score (nSPS) is 21.8. The minimum absolute atomic E-state index is 0.231. The average Bonchev–Trinajstić information content (AvgIpc) is 3.13. The Morgan fingerprint density at radius 1 is 1.38 bits per heavy atom. The number of hydrogen-bond acceptors (Lipinski definition) is 5. The fraction of sp³-hybridized carbons (Fsp3) is 0.467. The Kier molecular flexibility index (Phi) is 4.55. The summed E-state index contributed by atoms with van der Waals surface area (Å²) in [5.41, 5.74) is 5.79. The summed E-state index contributed by atoms with van der Waals surface area (Å²) in [5.74, 6) is 2.46. The highest BCUT2D eigenvalue weighted by Crippen LogP contribution is 2.38. The molecule has 1 aliphatic rings. The first-order chi connectivity index (χ1) is 10.3.